The fourth-order valence-electron chi connectivity index (χ4n) is 1.71. The first-order valence-corrected chi connectivity index (χ1v) is 6.77. The third-order valence-electron chi connectivity index (χ3n) is 2.78. The Morgan fingerprint density at radius 3 is 2.68 bits per heavy atom. The molecule has 0 amide bonds. The molecule has 1 unspecified atom stereocenters. The molecule has 2 N–H and O–H groups in total. The Kier molecular flexibility index (Phi) is 6.19. The Labute approximate surface area is 120 Å². The van der Waals surface area contributed by atoms with E-state index in [0.29, 0.717) is 29.5 Å². The molecule has 0 fully saturated rings. The first-order chi connectivity index (χ1) is 8.97. The summed E-state index contributed by atoms with van der Waals surface area (Å²) < 4.78 is 11.2. The lowest BCUT2D eigenvalue weighted by molar-refractivity contribution is 0.313. The molecule has 0 saturated carbocycles. The number of nitrogens with two attached hydrogens (primary N) is 1. The van der Waals surface area contributed by atoms with Crippen LogP contribution in [0.4, 0.5) is 0 Å². The summed E-state index contributed by atoms with van der Waals surface area (Å²) in [6.07, 6.45) is 1.57. The van der Waals surface area contributed by atoms with Gasteiger partial charge in [0.1, 0.15) is 6.61 Å². The van der Waals surface area contributed by atoms with Crippen LogP contribution < -0.4 is 15.2 Å². The van der Waals surface area contributed by atoms with Gasteiger partial charge in [-0.05, 0) is 31.4 Å². The molecule has 0 aliphatic rings. The summed E-state index contributed by atoms with van der Waals surface area (Å²) >= 11 is 6.08. The highest BCUT2D eigenvalue weighted by atomic mass is 35.5. The van der Waals surface area contributed by atoms with E-state index in [1.54, 1.807) is 13.2 Å². The zero-order chi connectivity index (χ0) is 14.4. The number of methoxy groups -OCH3 is 1. The van der Waals surface area contributed by atoms with Crippen LogP contribution in [0.15, 0.2) is 24.3 Å². The molecule has 0 radical (unpaired) electrons. The average molecular weight is 284 g/mol. The van der Waals surface area contributed by atoms with Gasteiger partial charge in [0.2, 0.25) is 0 Å². The highest BCUT2D eigenvalue weighted by Crippen LogP contribution is 2.35. The zero-order valence-electron chi connectivity index (χ0n) is 11.8. The quantitative estimate of drug-likeness (QED) is 0.778. The highest BCUT2D eigenvalue weighted by Gasteiger charge is 2.14. The highest BCUT2D eigenvalue weighted by molar-refractivity contribution is 6.30. The normalized spacial score (nSPS) is 12.1. The van der Waals surface area contributed by atoms with E-state index < -0.39 is 0 Å². The minimum atomic E-state index is 0.0277. The van der Waals surface area contributed by atoms with E-state index >= 15 is 0 Å². The summed E-state index contributed by atoms with van der Waals surface area (Å²) in [4.78, 5) is 0. The van der Waals surface area contributed by atoms with Crippen LogP contribution in [0.25, 0.3) is 0 Å². The summed E-state index contributed by atoms with van der Waals surface area (Å²) in [5.74, 6) is 1.34. The first kappa shape index (κ1) is 15.9. The van der Waals surface area contributed by atoms with Gasteiger partial charge in [0, 0.05) is 22.7 Å². The summed E-state index contributed by atoms with van der Waals surface area (Å²) in [6.45, 7) is 8.40. The molecule has 19 heavy (non-hydrogen) atoms. The van der Waals surface area contributed by atoms with Crippen molar-refractivity contribution in [1.82, 2.24) is 0 Å². The Bertz CT molecular complexity index is 444. The Morgan fingerprint density at radius 1 is 1.47 bits per heavy atom. The van der Waals surface area contributed by atoms with Crippen molar-refractivity contribution in [2.24, 2.45) is 5.73 Å². The Balaban J connectivity index is 3.05. The lowest BCUT2D eigenvalue weighted by atomic mass is 10.1. The monoisotopic (exact) mass is 283 g/mol. The van der Waals surface area contributed by atoms with Gasteiger partial charge in [-0.15, -0.1) is 0 Å². The maximum atomic E-state index is 6.08. The van der Waals surface area contributed by atoms with Crippen molar-refractivity contribution >= 4 is 11.6 Å². The fraction of sp³-hybridized carbons (Fsp3) is 0.467. The van der Waals surface area contributed by atoms with Gasteiger partial charge < -0.3 is 15.2 Å². The van der Waals surface area contributed by atoms with Crippen molar-refractivity contribution in [1.29, 1.82) is 0 Å². The molecular formula is C15H22ClNO2. The molecule has 0 saturated heterocycles. The van der Waals surface area contributed by atoms with Crippen LogP contribution >= 0.6 is 11.6 Å². The van der Waals surface area contributed by atoms with E-state index in [1.807, 2.05) is 19.9 Å². The van der Waals surface area contributed by atoms with Crippen LogP contribution in [-0.4, -0.2) is 19.8 Å². The van der Waals surface area contributed by atoms with Gasteiger partial charge in [-0.1, -0.05) is 25.1 Å². The van der Waals surface area contributed by atoms with Gasteiger partial charge in [0.25, 0.3) is 0 Å². The second-order valence-electron chi connectivity index (χ2n) is 4.67. The van der Waals surface area contributed by atoms with E-state index in [9.17, 15) is 0 Å². The number of rotatable bonds is 7. The summed E-state index contributed by atoms with van der Waals surface area (Å²) in [6, 6.07) is 3.65. The van der Waals surface area contributed by atoms with Crippen molar-refractivity contribution < 1.29 is 9.47 Å². The fourth-order valence-corrected chi connectivity index (χ4v) is 1.94. The van der Waals surface area contributed by atoms with Crippen molar-refractivity contribution in [2.75, 3.05) is 13.7 Å². The van der Waals surface area contributed by atoms with Crippen molar-refractivity contribution in [3.05, 3.63) is 34.9 Å². The minimum Gasteiger partial charge on any atom is -0.493 e. The van der Waals surface area contributed by atoms with Crippen LogP contribution in [0.1, 0.15) is 25.8 Å². The van der Waals surface area contributed by atoms with Crippen LogP contribution in [0, 0.1) is 0 Å². The summed E-state index contributed by atoms with van der Waals surface area (Å²) in [5, 5.41) is 0.620. The molecule has 3 nitrogen and oxygen atoms in total. The van der Waals surface area contributed by atoms with E-state index in [1.165, 1.54) is 0 Å². The summed E-state index contributed by atoms with van der Waals surface area (Å²) in [5.41, 5.74) is 7.85. The number of hydrogen-bond acceptors (Lipinski definition) is 3. The second kappa shape index (κ2) is 7.41. The maximum absolute atomic E-state index is 6.08. The minimum absolute atomic E-state index is 0.0277. The molecule has 0 heterocycles. The molecule has 0 aromatic heterocycles. The molecular weight excluding hydrogens is 262 g/mol. The Hall–Kier alpha value is -1.19. The van der Waals surface area contributed by atoms with Gasteiger partial charge in [-0.25, -0.2) is 0 Å². The van der Waals surface area contributed by atoms with E-state index in [-0.39, 0.29) is 6.04 Å². The van der Waals surface area contributed by atoms with Gasteiger partial charge in [-0.2, -0.15) is 0 Å². The molecule has 0 aliphatic carbocycles. The topological polar surface area (TPSA) is 44.5 Å². The van der Waals surface area contributed by atoms with E-state index in [2.05, 4.69) is 6.58 Å². The molecule has 1 rings (SSSR count). The standard InChI is InChI=1S/C15H22ClNO2/c1-5-10(2)9-19-15-12(6-11(3)17)7-13(16)8-14(15)18-4/h7-8,11H,2,5-6,9,17H2,1,3-4H3. The molecule has 4 heteroatoms. The van der Waals surface area contributed by atoms with Crippen molar-refractivity contribution in [3.8, 4) is 11.5 Å². The summed E-state index contributed by atoms with van der Waals surface area (Å²) in [7, 11) is 1.60. The van der Waals surface area contributed by atoms with Crippen molar-refractivity contribution in [3.63, 3.8) is 0 Å². The third-order valence-corrected chi connectivity index (χ3v) is 3.00. The number of benzene rings is 1. The maximum Gasteiger partial charge on any atom is 0.164 e. The predicted molar refractivity (Wildman–Crippen MR) is 80.3 cm³/mol. The van der Waals surface area contributed by atoms with Crippen LogP contribution in [0.3, 0.4) is 0 Å². The molecule has 0 bridgehead atoms. The van der Waals surface area contributed by atoms with Crippen LogP contribution in [0.2, 0.25) is 5.02 Å². The number of halogens is 1. The van der Waals surface area contributed by atoms with Crippen LogP contribution in [-0.2, 0) is 6.42 Å². The Morgan fingerprint density at radius 2 is 2.16 bits per heavy atom. The molecule has 0 spiro atoms. The predicted octanol–water partition coefficient (Wildman–Crippen LogP) is 3.58. The zero-order valence-corrected chi connectivity index (χ0v) is 12.6. The lowest BCUT2D eigenvalue weighted by Gasteiger charge is -2.17. The van der Waals surface area contributed by atoms with Gasteiger partial charge in [0.15, 0.2) is 11.5 Å². The van der Waals surface area contributed by atoms with Gasteiger partial charge >= 0.3 is 0 Å². The molecule has 1 aromatic carbocycles. The smallest absolute Gasteiger partial charge is 0.164 e. The second-order valence-corrected chi connectivity index (χ2v) is 5.11. The SMILES string of the molecule is C=C(CC)COc1c(CC(C)N)cc(Cl)cc1OC. The molecule has 106 valence electrons. The largest absolute Gasteiger partial charge is 0.493 e. The average Bonchev–Trinajstić information content (AvgIpc) is 2.35. The third kappa shape index (κ3) is 4.77. The first-order valence-electron chi connectivity index (χ1n) is 6.39. The molecule has 1 aromatic rings. The molecule has 1 atom stereocenters. The lowest BCUT2D eigenvalue weighted by Crippen LogP contribution is -2.18. The van der Waals surface area contributed by atoms with Gasteiger partial charge in [-0.3, -0.25) is 0 Å². The van der Waals surface area contributed by atoms with Crippen LogP contribution in [0.5, 0.6) is 11.5 Å². The van der Waals surface area contributed by atoms with Gasteiger partial charge in [0.05, 0.1) is 7.11 Å². The molecule has 0 aliphatic heterocycles. The number of hydrogen-bond donors (Lipinski definition) is 1. The number of ether oxygens (including phenoxy) is 2. The van der Waals surface area contributed by atoms with E-state index in [4.69, 9.17) is 26.8 Å². The van der Waals surface area contributed by atoms with E-state index in [0.717, 1.165) is 17.6 Å². The van der Waals surface area contributed by atoms with Crippen molar-refractivity contribution in [2.45, 2.75) is 32.7 Å².